The topological polar surface area (TPSA) is 56.8 Å². The van der Waals surface area contributed by atoms with E-state index in [0.717, 1.165) is 24.5 Å². The summed E-state index contributed by atoms with van der Waals surface area (Å²) in [6, 6.07) is 13.9. The Balaban J connectivity index is 1.55. The lowest BCUT2D eigenvalue weighted by atomic mass is 10.1. The Bertz CT molecular complexity index is 769. The van der Waals surface area contributed by atoms with Gasteiger partial charge in [-0.25, -0.2) is 4.98 Å². The summed E-state index contributed by atoms with van der Waals surface area (Å²) >= 11 is 0. The minimum Gasteiger partial charge on any atom is -0.353 e. The highest BCUT2D eigenvalue weighted by Crippen LogP contribution is 2.13. The Kier molecular flexibility index (Phi) is 6.06. The molecule has 0 spiro atoms. The van der Waals surface area contributed by atoms with E-state index in [1.54, 1.807) is 11.1 Å². The lowest BCUT2D eigenvalue weighted by Crippen LogP contribution is -2.51. The molecule has 0 atom stereocenters. The number of carbonyl (C=O) groups excluding carboxylic acids is 2. The van der Waals surface area contributed by atoms with Crippen molar-refractivity contribution in [2.24, 2.45) is 0 Å². The van der Waals surface area contributed by atoms with E-state index in [1.165, 1.54) is 12.5 Å². The zero-order valence-electron chi connectivity index (χ0n) is 16.0. The molecule has 1 aliphatic heterocycles. The maximum absolute atomic E-state index is 12.7. The van der Waals surface area contributed by atoms with E-state index in [4.69, 9.17) is 0 Å². The summed E-state index contributed by atoms with van der Waals surface area (Å²) in [5.74, 6) is 0.850. The van der Waals surface area contributed by atoms with E-state index < -0.39 is 0 Å². The highest BCUT2D eigenvalue weighted by molar-refractivity contribution is 5.84. The number of benzene rings is 1. The molecule has 0 unspecified atom stereocenters. The fourth-order valence-corrected chi connectivity index (χ4v) is 3.18. The summed E-state index contributed by atoms with van der Waals surface area (Å²) in [7, 11) is 0. The number of amides is 2. The molecule has 0 aliphatic carbocycles. The summed E-state index contributed by atoms with van der Waals surface area (Å²) in [4.78, 5) is 34.7. The molecule has 1 aromatic carbocycles. The fraction of sp³-hybridized carbons (Fsp3) is 0.381. The Morgan fingerprint density at radius 2 is 1.74 bits per heavy atom. The molecule has 1 fully saturated rings. The monoisotopic (exact) mass is 366 g/mol. The molecule has 1 saturated heterocycles. The first kappa shape index (κ1) is 18.9. The van der Waals surface area contributed by atoms with E-state index >= 15 is 0 Å². The van der Waals surface area contributed by atoms with Crippen LogP contribution in [0.1, 0.15) is 18.1 Å². The van der Waals surface area contributed by atoms with Gasteiger partial charge in [-0.15, -0.1) is 0 Å². The van der Waals surface area contributed by atoms with Crippen LogP contribution in [0.5, 0.6) is 0 Å². The molecule has 0 N–H and O–H groups in total. The van der Waals surface area contributed by atoms with Crippen LogP contribution in [0.2, 0.25) is 0 Å². The third-order valence-corrected chi connectivity index (χ3v) is 4.87. The van der Waals surface area contributed by atoms with Crippen molar-refractivity contribution < 1.29 is 9.59 Å². The van der Waals surface area contributed by atoms with Crippen molar-refractivity contribution in [1.82, 2.24) is 14.8 Å². The largest absolute Gasteiger partial charge is 0.353 e. The smallest absolute Gasteiger partial charge is 0.242 e. The van der Waals surface area contributed by atoms with Crippen molar-refractivity contribution in [3.8, 4) is 0 Å². The quantitative estimate of drug-likeness (QED) is 0.813. The van der Waals surface area contributed by atoms with Gasteiger partial charge < -0.3 is 14.7 Å². The molecule has 0 radical (unpaired) electrons. The van der Waals surface area contributed by atoms with Crippen molar-refractivity contribution in [2.45, 2.75) is 20.4 Å². The molecule has 2 aromatic rings. The molecule has 0 saturated carbocycles. The van der Waals surface area contributed by atoms with Gasteiger partial charge in [0, 0.05) is 45.8 Å². The highest BCUT2D eigenvalue weighted by atomic mass is 16.2. The number of rotatable bonds is 5. The Morgan fingerprint density at radius 3 is 2.33 bits per heavy atom. The number of aromatic nitrogens is 1. The normalized spacial score (nSPS) is 14.1. The van der Waals surface area contributed by atoms with Gasteiger partial charge in [-0.1, -0.05) is 35.9 Å². The molecule has 2 heterocycles. The molecule has 3 rings (SSSR count). The highest BCUT2D eigenvalue weighted by Gasteiger charge is 2.24. The molecule has 6 heteroatoms. The summed E-state index contributed by atoms with van der Waals surface area (Å²) in [6.07, 6.45) is 1.78. The second-order valence-corrected chi connectivity index (χ2v) is 6.92. The van der Waals surface area contributed by atoms with Crippen molar-refractivity contribution >= 4 is 17.6 Å². The SMILES string of the molecule is CC(=O)N(CC(=O)N1CCN(c2ccccn2)CC1)Cc1ccc(C)cc1. The van der Waals surface area contributed by atoms with Crippen LogP contribution in [0.4, 0.5) is 5.82 Å². The van der Waals surface area contributed by atoms with Gasteiger partial charge in [-0.3, -0.25) is 9.59 Å². The van der Waals surface area contributed by atoms with Crippen LogP contribution >= 0.6 is 0 Å². The van der Waals surface area contributed by atoms with Gasteiger partial charge in [0.05, 0.1) is 0 Å². The van der Waals surface area contributed by atoms with E-state index in [-0.39, 0.29) is 18.4 Å². The van der Waals surface area contributed by atoms with Crippen LogP contribution in [0.25, 0.3) is 0 Å². The average molecular weight is 366 g/mol. The van der Waals surface area contributed by atoms with Crippen molar-refractivity contribution in [3.63, 3.8) is 0 Å². The third kappa shape index (κ3) is 5.06. The van der Waals surface area contributed by atoms with Gasteiger partial charge in [0.2, 0.25) is 11.8 Å². The van der Waals surface area contributed by atoms with Gasteiger partial charge >= 0.3 is 0 Å². The maximum Gasteiger partial charge on any atom is 0.242 e. The maximum atomic E-state index is 12.7. The third-order valence-electron chi connectivity index (χ3n) is 4.87. The summed E-state index contributed by atoms with van der Waals surface area (Å²) in [6.45, 7) is 6.90. The van der Waals surface area contributed by atoms with Crippen molar-refractivity contribution in [3.05, 3.63) is 59.8 Å². The van der Waals surface area contributed by atoms with Crippen LogP contribution < -0.4 is 4.90 Å². The second kappa shape index (κ2) is 8.66. The van der Waals surface area contributed by atoms with Gasteiger partial charge in [0.1, 0.15) is 12.4 Å². The van der Waals surface area contributed by atoms with E-state index in [1.807, 2.05) is 54.3 Å². The van der Waals surface area contributed by atoms with Gasteiger partial charge in [-0.05, 0) is 24.6 Å². The lowest BCUT2D eigenvalue weighted by Gasteiger charge is -2.36. The second-order valence-electron chi connectivity index (χ2n) is 6.92. The Labute approximate surface area is 160 Å². The number of hydrogen-bond acceptors (Lipinski definition) is 4. The van der Waals surface area contributed by atoms with Gasteiger partial charge in [0.15, 0.2) is 0 Å². The molecule has 6 nitrogen and oxygen atoms in total. The zero-order chi connectivity index (χ0) is 19.2. The predicted molar refractivity (Wildman–Crippen MR) is 105 cm³/mol. The van der Waals surface area contributed by atoms with Crippen LogP contribution in [-0.4, -0.2) is 59.3 Å². The van der Waals surface area contributed by atoms with Gasteiger partial charge in [0.25, 0.3) is 0 Å². The summed E-state index contributed by atoms with van der Waals surface area (Å²) < 4.78 is 0. The Hall–Kier alpha value is -2.89. The van der Waals surface area contributed by atoms with Crippen molar-refractivity contribution in [1.29, 1.82) is 0 Å². The molecule has 1 aliphatic rings. The molecule has 1 aromatic heterocycles. The lowest BCUT2D eigenvalue weighted by molar-refractivity contribution is -0.140. The number of carbonyl (C=O) groups is 2. The number of nitrogens with zero attached hydrogens (tertiary/aromatic N) is 4. The number of piperazine rings is 1. The molecule has 2 amide bonds. The fourth-order valence-electron chi connectivity index (χ4n) is 3.18. The molecule has 0 bridgehead atoms. The van der Waals surface area contributed by atoms with E-state index in [0.29, 0.717) is 19.6 Å². The Morgan fingerprint density at radius 1 is 1.04 bits per heavy atom. The number of pyridine rings is 1. The predicted octanol–water partition coefficient (Wildman–Crippen LogP) is 2.09. The zero-order valence-corrected chi connectivity index (χ0v) is 16.0. The molecular weight excluding hydrogens is 340 g/mol. The van der Waals surface area contributed by atoms with Gasteiger partial charge in [-0.2, -0.15) is 0 Å². The first-order valence-electron chi connectivity index (χ1n) is 9.28. The van der Waals surface area contributed by atoms with Crippen LogP contribution in [-0.2, 0) is 16.1 Å². The minimum absolute atomic E-state index is 0.00187. The van der Waals surface area contributed by atoms with E-state index in [9.17, 15) is 9.59 Å². The number of anilines is 1. The first-order valence-corrected chi connectivity index (χ1v) is 9.28. The molecule has 142 valence electrons. The van der Waals surface area contributed by atoms with E-state index in [2.05, 4.69) is 9.88 Å². The standard InChI is InChI=1S/C21H26N4O2/c1-17-6-8-19(9-7-17)15-25(18(2)26)16-21(27)24-13-11-23(12-14-24)20-5-3-4-10-22-20/h3-10H,11-16H2,1-2H3. The van der Waals surface area contributed by atoms with Crippen LogP contribution in [0, 0.1) is 6.92 Å². The minimum atomic E-state index is -0.0870. The number of aryl methyl sites for hydroxylation is 1. The summed E-state index contributed by atoms with van der Waals surface area (Å²) in [5, 5.41) is 0. The molecule has 27 heavy (non-hydrogen) atoms. The van der Waals surface area contributed by atoms with Crippen LogP contribution in [0.3, 0.4) is 0 Å². The first-order chi connectivity index (χ1) is 13.0. The molecular formula is C21H26N4O2. The van der Waals surface area contributed by atoms with Crippen molar-refractivity contribution in [2.75, 3.05) is 37.6 Å². The van der Waals surface area contributed by atoms with Crippen LogP contribution in [0.15, 0.2) is 48.7 Å². The number of hydrogen-bond donors (Lipinski definition) is 0. The average Bonchev–Trinajstić information content (AvgIpc) is 2.69. The summed E-state index contributed by atoms with van der Waals surface area (Å²) in [5.41, 5.74) is 2.21.